The number of carbonyl (C=O) groups is 2. The first-order chi connectivity index (χ1) is 16.9. The van der Waals surface area contributed by atoms with Crippen molar-refractivity contribution in [3.05, 3.63) is 47.8 Å². The molecular formula is C28H34F3NO4. The van der Waals surface area contributed by atoms with Crippen molar-refractivity contribution in [2.75, 3.05) is 0 Å². The first-order valence-electron chi connectivity index (χ1n) is 12.6. The molecule has 5 nitrogen and oxygen atoms in total. The molecule has 0 amide bonds. The number of allylic oxidation sites excluding steroid dienone is 3. The van der Waals surface area contributed by atoms with Crippen LogP contribution in [0.3, 0.4) is 0 Å². The average Bonchev–Trinajstić information content (AvgIpc) is 3.16. The van der Waals surface area contributed by atoms with Gasteiger partial charge >= 0.3 is 18.1 Å². The third-order valence-corrected chi connectivity index (χ3v) is 9.19. The van der Waals surface area contributed by atoms with Gasteiger partial charge in [0.2, 0.25) is 0 Å². The minimum Gasteiger partial charge on any atom is -0.475 e. The van der Waals surface area contributed by atoms with E-state index in [1.165, 1.54) is 43.7 Å². The van der Waals surface area contributed by atoms with Gasteiger partial charge in [0.25, 0.3) is 0 Å². The molecule has 8 heteroatoms. The molecule has 4 aliphatic rings. The molecule has 0 bridgehead atoms. The molecule has 1 aromatic heterocycles. The molecule has 0 spiro atoms. The Morgan fingerprint density at radius 1 is 1.08 bits per heavy atom. The molecule has 196 valence electrons. The number of hydrogen-bond donors (Lipinski definition) is 1. The molecule has 1 aromatic rings. The summed E-state index contributed by atoms with van der Waals surface area (Å²) in [5, 5.41) is 7.12. The molecule has 0 aromatic carbocycles. The number of nitrogens with zero attached hydrogens (tertiary/aromatic N) is 1. The van der Waals surface area contributed by atoms with E-state index in [0.29, 0.717) is 0 Å². The van der Waals surface area contributed by atoms with E-state index in [1.807, 2.05) is 12.4 Å². The molecule has 1 heterocycles. The Balaban J connectivity index is 0.000000384. The number of hydrogen-bond acceptors (Lipinski definition) is 4. The van der Waals surface area contributed by atoms with Crippen molar-refractivity contribution in [1.29, 1.82) is 0 Å². The maximum absolute atomic E-state index is 11.4. The highest BCUT2D eigenvalue weighted by Crippen LogP contribution is 2.66. The first kappa shape index (κ1) is 26.4. The van der Waals surface area contributed by atoms with Crippen LogP contribution in [0.15, 0.2) is 42.3 Å². The van der Waals surface area contributed by atoms with Crippen molar-refractivity contribution in [3.8, 4) is 0 Å². The number of rotatable bonds is 2. The predicted molar refractivity (Wildman–Crippen MR) is 129 cm³/mol. The second-order valence-corrected chi connectivity index (χ2v) is 11.1. The lowest BCUT2D eigenvalue weighted by Gasteiger charge is -2.57. The van der Waals surface area contributed by atoms with Crippen molar-refractivity contribution < 1.29 is 32.6 Å². The van der Waals surface area contributed by atoms with Crippen molar-refractivity contribution in [1.82, 2.24) is 4.98 Å². The van der Waals surface area contributed by atoms with Gasteiger partial charge in [0.15, 0.2) is 0 Å². The Kier molecular flexibility index (Phi) is 7.10. The molecule has 0 aliphatic heterocycles. The second-order valence-electron chi connectivity index (χ2n) is 11.1. The normalized spacial score (nSPS) is 35.1. The van der Waals surface area contributed by atoms with E-state index in [4.69, 9.17) is 14.6 Å². The minimum absolute atomic E-state index is 0.0857. The molecular weight excluding hydrogens is 471 g/mol. The van der Waals surface area contributed by atoms with Gasteiger partial charge in [0, 0.05) is 25.7 Å². The number of carbonyl (C=O) groups excluding carboxylic acids is 1. The van der Waals surface area contributed by atoms with E-state index in [-0.39, 0.29) is 22.9 Å². The Labute approximate surface area is 209 Å². The van der Waals surface area contributed by atoms with E-state index < -0.39 is 12.1 Å². The fourth-order valence-corrected chi connectivity index (χ4v) is 7.50. The number of pyridine rings is 1. The topological polar surface area (TPSA) is 76.5 Å². The van der Waals surface area contributed by atoms with Crippen LogP contribution in [0.4, 0.5) is 13.2 Å². The van der Waals surface area contributed by atoms with Gasteiger partial charge in [-0.15, -0.1) is 0 Å². The SMILES string of the molecule is CC(=O)OC1CCC2(C)C(=CCC3C2CCC2(C)C(c4cccnc4)=CCC32)C1.O=C(O)C(F)(F)F. The summed E-state index contributed by atoms with van der Waals surface area (Å²) in [4.78, 5) is 24.7. The van der Waals surface area contributed by atoms with Gasteiger partial charge in [-0.3, -0.25) is 9.78 Å². The number of esters is 1. The zero-order valence-electron chi connectivity index (χ0n) is 21.0. The summed E-state index contributed by atoms with van der Waals surface area (Å²) in [5.41, 5.74) is 4.99. The smallest absolute Gasteiger partial charge is 0.475 e. The Morgan fingerprint density at radius 3 is 2.39 bits per heavy atom. The maximum atomic E-state index is 11.4. The van der Waals surface area contributed by atoms with Crippen LogP contribution in [0.5, 0.6) is 0 Å². The summed E-state index contributed by atoms with van der Waals surface area (Å²) in [6, 6.07) is 4.30. The third kappa shape index (κ3) is 4.83. The summed E-state index contributed by atoms with van der Waals surface area (Å²) >= 11 is 0. The average molecular weight is 506 g/mol. The fourth-order valence-electron chi connectivity index (χ4n) is 7.50. The van der Waals surface area contributed by atoms with Crippen molar-refractivity contribution in [3.63, 3.8) is 0 Å². The van der Waals surface area contributed by atoms with E-state index in [1.54, 1.807) is 5.57 Å². The first-order valence-corrected chi connectivity index (χ1v) is 12.6. The van der Waals surface area contributed by atoms with E-state index in [0.717, 1.165) is 37.0 Å². The van der Waals surface area contributed by atoms with Crippen molar-refractivity contribution in [2.24, 2.45) is 28.6 Å². The summed E-state index contributed by atoms with van der Waals surface area (Å²) < 4.78 is 37.3. The van der Waals surface area contributed by atoms with E-state index in [2.05, 4.69) is 43.1 Å². The highest BCUT2D eigenvalue weighted by molar-refractivity contribution is 5.73. The zero-order valence-corrected chi connectivity index (χ0v) is 21.0. The highest BCUT2D eigenvalue weighted by Gasteiger charge is 2.57. The molecule has 5 rings (SSSR count). The highest BCUT2D eigenvalue weighted by atomic mass is 19.4. The van der Waals surface area contributed by atoms with Crippen LogP contribution in [0.2, 0.25) is 0 Å². The van der Waals surface area contributed by atoms with Crippen LogP contribution in [0, 0.1) is 28.6 Å². The van der Waals surface area contributed by atoms with Gasteiger partial charge in [0.1, 0.15) is 6.10 Å². The number of aliphatic carboxylic acids is 1. The monoisotopic (exact) mass is 505 g/mol. The number of fused-ring (bicyclic) bond motifs is 5. The second kappa shape index (κ2) is 9.67. The van der Waals surface area contributed by atoms with Crippen molar-refractivity contribution in [2.45, 2.75) is 78.0 Å². The van der Waals surface area contributed by atoms with Crippen LogP contribution in [0.1, 0.15) is 71.3 Å². The molecule has 4 aliphatic carbocycles. The number of carboxylic acid groups (broad SMARTS) is 1. The summed E-state index contributed by atoms with van der Waals surface area (Å²) in [5.74, 6) is -0.634. The lowest BCUT2D eigenvalue weighted by atomic mass is 9.47. The Morgan fingerprint density at radius 2 is 1.78 bits per heavy atom. The van der Waals surface area contributed by atoms with Gasteiger partial charge < -0.3 is 9.84 Å². The summed E-state index contributed by atoms with van der Waals surface area (Å²) in [6.07, 6.45) is 12.1. The molecule has 2 fully saturated rings. The molecule has 6 atom stereocenters. The Bertz CT molecular complexity index is 1070. The standard InChI is InChI=1S/C26H33NO2.C2HF3O2/c1-17(28)29-20-10-12-25(2)19(15-20)6-7-21-23-9-8-22(18-5-4-14-27-16-18)26(23,3)13-11-24(21)25;3-2(4,5)1(6)7/h4-6,8,14,16,20-21,23-24H,7,9-13,15H2,1-3H3;(H,6,7). The van der Waals surface area contributed by atoms with E-state index in [9.17, 15) is 18.0 Å². The zero-order chi connectivity index (χ0) is 26.3. The van der Waals surface area contributed by atoms with Crippen molar-refractivity contribution >= 4 is 17.5 Å². The van der Waals surface area contributed by atoms with Gasteiger partial charge in [-0.1, -0.05) is 37.6 Å². The molecule has 2 saturated carbocycles. The van der Waals surface area contributed by atoms with Crippen LogP contribution >= 0.6 is 0 Å². The van der Waals surface area contributed by atoms with Crippen LogP contribution in [0.25, 0.3) is 5.57 Å². The van der Waals surface area contributed by atoms with Crippen LogP contribution in [-0.2, 0) is 14.3 Å². The number of aromatic nitrogens is 1. The Hall–Kier alpha value is -2.64. The molecule has 0 radical (unpaired) electrons. The fraction of sp³-hybridized carbons (Fsp3) is 0.607. The minimum atomic E-state index is -5.08. The largest absolute Gasteiger partial charge is 0.490 e. The van der Waals surface area contributed by atoms with Crippen LogP contribution in [-0.4, -0.2) is 34.3 Å². The number of carboxylic acids is 1. The predicted octanol–water partition coefficient (Wildman–Crippen LogP) is 6.60. The van der Waals surface area contributed by atoms with E-state index >= 15 is 0 Å². The third-order valence-electron chi connectivity index (χ3n) is 9.19. The summed E-state index contributed by atoms with van der Waals surface area (Å²) in [7, 11) is 0. The van der Waals surface area contributed by atoms with Gasteiger partial charge in [-0.05, 0) is 84.3 Å². The quantitative estimate of drug-likeness (QED) is 0.362. The van der Waals surface area contributed by atoms with Gasteiger partial charge in [-0.2, -0.15) is 13.2 Å². The number of halogens is 3. The lowest BCUT2D eigenvalue weighted by Crippen LogP contribution is -2.50. The van der Waals surface area contributed by atoms with Gasteiger partial charge in [0.05, 0.1) is 0 Å². The van der Waals surface area contributed by atoms with Crippen LogP contribution < -0.4 is 0 Å². The lowest BCUT2D eigenvalue weighted by molar-refractivity contribution is -0.192. The molecule has 36 heavy (non-hydrogen) atoms. The summed E-state index contributed by atoms with van der Waals surface area (Å²) in [6.45, 7) is 6.56. The molecule has 6 unspecified atom stereocenters. The number of alkyl halides is 3. The van der Waals surface area contributed by atoms with Gasteiger partial charge in [-0.25, -0.2) is 4.79 Å². The molecule has 1 N–H and O–H groups in total. The maximum Gasteiger partial charge on any atom is 0.490 e. The number of ether oxygens (including phenoxy) is 1. The molecule has 0 saturated heterocycles.